The maximum Gasteiger partial charge on any atom is 0.274 e. The Hall–Kier alpha value is -1.13. The topological polar surface area (TPSA) is 34.9 Å². The number of aromatic nitrogens is 2. The van der Waals surface area contributed by atoms with E-state index >= 15 is 0 Å². The first-order valence-electron chi connectivity index (χ1n) is 5.43. The fourth-order valence-electron chi connectivity index (χ4n) is 1.90. The standard InChI is InChI=1S/C13H12BrClN2O/c1-7-4-9(3)17(13(18)12(7)15)10-5-11(14)16-6-8(10)2/h4-6H,1-3H3. The number of rotatable bonds is 1. The normalized spacial score (nSPS) is 10.7. The van der Waals surface area contributed by atoms with Gasteiger partial charge < -0.3 is 0 Å². The molecule has 0 bridgehead atoms. The highest BCUT2D eigenvalue weighted by atomic mass is 79.9. The smallest absolute Gasteiger partial charge is 0.274 e. The predicted octanol–water partition coefficient (Wildman–Crippen LogP) is 3.57. The van der Waals surface area contributed by atoms with Gasteiger partial charge in [-0.3, -0.25) is 9.36 Å². The first kappa shape index (κ1) is 13.3. The minimum Gasteiger partial charge on any atom is -0.280 e. The van der Waals surface area contributed by atoms with E-state index in [-0.39, 0.29) is 10.6 Å². The molecule has 2 aromatic rings. The molecule has 0 aliphatic rings. The summed E-state index contributed by atoms with van der Waals surface area (Å²) in [6, 6.07) is 3.72. The van der Waals surface area contributed by atoms with E-state index < -0.39 is 0 Å². The molecule has 0 spiro atoms. The molecule has 5 heteroatoms. The SMILES string of the molecule is Cc1cnc(Br)cc1-n1c(C)cc(C)c(Cl)c1=O. The van der Waals surface area contributed by atoms with Gasteiger partial charge in [-0.2, -0.15) is 0 Å². The van der Waals surface area contributed by atoms with Crippen LogP contribution in [0.2, 0.25) is 5.02 Å². The van der Waals surface area contributed by atoms with E-state index in [2.05, 4.69) is 20.9 Å². The Bertz CT molecular complexity index is 679. The van der Waals surface area contributed by atoms with E-state index in [0.29, 0.717) is 4.60 Å². The zero-order chi connectivity index (χ0) is 13.4. The van der Waals surface area contributed by atoms with Crippen LogP contribution in [0.1, 0.15) is 16.8 Å². The largest absolute Gasteiger partial charge is 0.280 e. The van der Waals surface area contributed by atoms with Gasteiger partial charge in [-0.05, 0) is 60.0 Å². The van der Waals surface area contributed by atoms with Crippen LogP contribution in [0.15, 0.2) is 27.7 Å². The van der Waals surface area contributed by atoms with Gasteiger partial charge in [0.05, 0.1) is 5.69 Å². The van der Waals surface area contributed by atoms with Crippen molar-refractivity contribution in [1.82, 2.24) is 9.55 Å². The lowest BCUT2D eigenvalue weighted by molar-refractivity contribution is 0.911. The highest BCUT2D eigenvalue weighted by Gasteiger charge is 2.12. The van der Waals surface area contributed by atoms with E-state index in [4.69, 9.17) is 11.6 Å². The van der Waals surface area contributed by atoms with E-state index in [1.54, 1.807) is 10.8 Å². The average molecular weight is 328 g/mol. The van der Waals surface area contributed by atoms with Crippen molar-refractivity contribution in [2.75, 3.05) is 0 Å². The van der Waals surface area contributed by atoms with Crippen molar-refractivity contribution in [3.05, 3.63) is 55.1 Å². The molecule has 0 aromatic carbocycles. The molecule has 0 N–H and O–H groups in total. The molecule has 0 aliphatic heterocycles. The maximum absolute atomic E-state index is 12.3. The van der Waals surface area contributed by atoms with Gasteiger partial charge in [0.2, 0.25) is 0 Å². The second-order valence-corrected chi connectivity index (χ2v) is 5.41. The summed E-state index contributed by atoms with van der Waals surface area (Å²) in [4.78, 5) is 16.4. The number of hydrogen-bond donors (Lipinski definition) is 0. The van der Waals surface area contributed by atoms with Gasteiger partial charge >= 0.3 is 0 Å². The Morgan fingerprint density at radius 2 is 1.89 bits per heavy atom. The third kappa shape index (κ3) is 2.22. The van der Waals surface area contributed by atoms with Crippen molar-refractivity contribution in [2.45, 2.75) is 20.8 Å². The minimum absolute atomic E-state index is 0.199. The van der Waals surface area contributed by atoms with Crippen LogP contribution in [0.4, 0.5) is 0 Å². The maximum atomic E-state index is 12.3. The Kier molecular flexibility index (Phi) is 3.59. The molecule has 0 atom stereocenters. The lowest BCUT2D eigenvalue weighted by Crippen LogP contribution is -2.22. The molecule has 2 heterocycles. The molecule has 2 aromatic heterocycles. The van der Waals surface area contributed by atoms with Crippen LogP contribution < -0.4 is 5.56 Å². The Balaban J connectivity index is 2.84. The second kappa shape index (κ2) is 4.86. The summed E-state index contributed by atoms with van der Waals surface area (Å²) in [5.74, 6) is 0. The Labute approximate surface area is 119 Å². The fourth-order valence-corrected chi connectivity index (χ4v) is 2.36. The number of hydrogen-bond acceptors (Lipinski definition) is 2. The zero-order valence-corrected chi connectivity index (χ0v) is 12.6. The summed E-state index contributed by atoms with van der Waals surface area (Å²) < 4.78 is 2.29. The zero-order valence-electron chi connectivity index (χ0n) is 10.3. The quantitative estimate of drug-likeness (QED) is 0.751. The van der Waals surface area contributed by atoms with E-state index in [1.165, 1.54) is 0 Å². The van der Waals surface area contributed by atoms with Crippen LogP contribution in [-0.4, -0.2) is 9.55 Å². The van der Waals surface area contributed by atoms with Gasteiger partial charge in [-0.1, -0.05) is 11.6 Å². The average Bonchev–Trinajstić information content (AvgIpc) is 2.31. The van der Waals surface area contributed by atoms with E-state index in [1.807, 2.05) is 32.9 Å². The molecule has 2 rings (SSSR count). The van der Waals surface area contributed by atoms with Crippen molar-refractivity contribution in [3.8, 4) is 5.69 Å². The first-order valence-corrected chi connectivity index (χ1v) is 6.60. The molecule has 3 nitrogen and oxygen atoms in total. The van der Waals surface area contributed by atoms with Crippen LogP contribution in [0, 0.1) is 20.8 Å². The third-order valence-electron chi connectivity index (χ3n) is 2.80. The van der Waals surface area contributed by atoms with Crippen molar-refractivity contribution in [1.29, 1.82) is 0 Å². The summed E-state index contributed by atoms with van der Waals surface area (Å²) in [6.07, 6.45) is 1.72. The van der Waals surface area contributed by atoms with Gasteiger partial charge in [0.15, 0.2) is 0 Å². The highest BCUT2D eigenvalue weighted by molar-refractivity contribution is 9.10. The summed E-state index contributed by atoms with van der Waals surface area (Å²) in [6.45, 7) is 5.63. The minimum atomic E-state index is -0.199. The first-order chi connectivity index (χ1) is 8.41. The van der Waals surface area contributed by atoms with Gasteiger partial charge in [0.1, 0.15) is 9.63 Å². The van der Waals surface area contributed by atoms with Crippen molar-refractivity contribution in [2.24, 2.45) is 0 Å². The van der Waals surface area contributed by atoms with Crippen LogP contribution in [0.25, 0.3) is 5.69 Å². The molecule has 0 aliphatic carbocycles. The molecular formula is C13H12BrClN2O. The summed E-state index contributed by atoms with van der Waals surface area (Å²) in [7, 11) is 0. The Morgan fingerprint density at radius 1 is 1.22 bits per heavy atom. The molecule has 0 saturated heterocycles. The number of pyridine rings is 2. The Morgan fingerprint density at radius 3 is 2.56 bits per heavy atom. The van der Waals surface area contributed by atoms with Gasteiger partial charge in [-0.25, -0.2) is 4.98 Å². The summed E-state index contributed by atoms with van der Waals surface area (Å²) in [5.41, 5.74) is 3.16. The number of halogens is 2. The number of aryl methyl sites for hydroxylation is 3. The van der Waals surface area contributed by atoms with Crippen molar-refractivity contribution in [3.63, 3.8) is 0 Å². The van der Waals surface area contributed by atoms with Crippen molar-refractivity contribution >= 4 is 27.5 Å². The second-order valence-electron chi connectivity index (χ2n) is 4.22. The molecule has 94 valence electrons. The van der Waals surface area contributed by atoms with Gasteiger partial charge in [0.25, 0.3) is 5.56 Å². The predicted molar refractivity (Wildman–Crippen MR) is 76.8 cm³/mol. The van der Waals surface area contributed by atoms with Crippen molar-refractivity contribution < 1.29 is 0 Å². The van der Waals surface area contributed by atoms with E-state index in [9.17, 15) is 4.79 Å². The third-order valence-corrected chi connectivity index (χ3v) is 3.69. The monoisotopic (exact) mass is 326 g/mol. The van der Waals surface area contributed by atoms with Crippen LogP contribution in [-0.2, 0) is 0 Å². The van der Waals surface area contributed by atoms with Gasteiger partial charge in [-0.15, -0.1) is 0 Å². The molecular weight excluding hydrogens is 316 g/mol. The van der Waals surface area contributed by atoms with Crippen LogP contribution in [0.5, 0.6) is 0 Å². The molecule has 0 fully saturated rings. The number of nitrogens with zero attached hydrogens (tertiary/aromatic N) is 2. The van der Waals surface area contributed by atoms with Gasteiger partial charge in [0, 0.05) is 11.9 Å². The molecule has 0 saturated carbocycles. The molecule has 0 radical (unpaired) electrons. The summed E-state index contributed by atoms with van der Waals surface area (Å²) >= 11 is 9.35. The molecule has 0 amide bonds. The van der Waals surface area contributed by atoms with Crippen LogP contribution >= 0.6 is 27.5 Å². The lowest BCUT2D eigenvalue weighted by Gasteiger charge is -2.14. The fraction of sp³-hybridized carbons (Fsp3) is 0.231. The van der Waals surface area contributed by atoms with E-state index in [0.717, 1.165) is 22.5 Å². The lowest BCUT2D eigenvalue weighted by atomic mass is 10.2. The van der Waals surface area contributed by atoms with Crippen LogP contribution in [0.3, 0.4) is 0 Å². The summed E-state index contributed by atoms with van der Waals surface area (Å²) in [5, 5.41) is 0.257. The molecule has 0 unspecified atom stereocenters. The molecule has 18 heavy (non-hydrogen) atoms. The highest BCUT2D eigenvalue weighted by Crippen LogP contribution is 2.20.